The smallest absolute Gasteiger partial charge is 0.328 e. The summed E-state index contributed by atoms with van der Waals surface area (Å²) in [6.45, 7) is -1.13. The highest BCUT2D eigenvalue weighted by Crippen LogP contribution is 2.14. The first kappa shape index (κ1) is 13.5. The third-order valence-corrected chi connectivity index (χ3v) is 2.85. The second-order valence-electron chi connectivity index (χ2n) is 3.25. The van der Waals surface area contributed by atoms with E-state index in [1.54, 1.807) is 24.3 Å². The number of nitrogens with one attached hydrogen (secondary N) is 1. The number of carbonyl (C=O) groups is 2. The molecule has 1 unspecified atom stereocenters. The Morgan fingerprint density at radius 1 is 1.41 bits per heavy atom. The minimum atomic E-state index is -1.50. The maximum atomic E-state index is 12.3. The molecular weight excluding hydrogens is 245 g/mol. The van der Waals surface area contributed by atoms with E-state index in [4.69, 9.17) is 5.11 Å². The van der Waals surface area contributed by atoms with Crippen LogP contribution in [-0.2, 0) is 4.79 Å². The first-order valence-corrected chi connectivity index (χ1v) is 6.04. The van der Waals surface area contributed by atoms with E-state index in [1.807, 2.05) is 6.26 Å². The number of alkyl halides is 1. The van der Waals surface area contributed by atoms with Gasteiger partial charge in [0.15, 0.2) is 6.04 Å². The van der Waals surface area contributed by atoms with Crippen LogP contribution in [0.15, 0.2) is 29.2 Å². The molecule has 0 heterocycles. The molecule has 0 fully saturated rings. The van der Waals surface area contributed by atoms with Crippen molar-refractivity contribution in [3.05, 3.63) is 29.8 Å². The Bertz CT molecular complexity index is 408. The third kappa shape index (κ3) is 3.74. The highest BCUT2D eigenvalue weighted by molar-refractivity contribution is 7.98. The van der Waals surface area contributed by atoms with Gasteiger partial charge in [-0.3, -0.25) is 4.79 Å². The van der Waals surface area contributed by atoms with Gasteiger partial charge in [-0.2, -0.15) is 0 Å². The van der Waals surface area contributed by atoms with Crippen molar-refractivity contribution >= 4 is 23.6 Å². The number of carbonyl (C=O) groups excluding carboxylic acids is 1. The van der Waals surface area contributed by atoms with E-state index >= 15 is 0 Å². The molecule has 0 aliphatic rings. The van der Waals surface area contributed by atoms with Gasteiger partial charge in [0, 0.05) is 10.5 Å². The molecule has 1 aromatic rings. The summed E-state index contributed by atoms with van der Waals surface area (Å²) in [6, 6.07) is 5.12. The number of thioether (sulfide) groups is 1. The van der Waals surface area contributed by atoms with E-state index in [9.17, 15) is 14.0 Å². The summed E-state index contributed by atoms with van der Waals surface area (Å²) in [5.41, 5.74) is 0.308. The molecule has 0 bridgehead atoms. The van der Waals surface area contributed by atoms with Crippen LogP contribution in [0.25, 0.3) is 0 Å². The van der Waals surface area contributed by atoms with Crippen LogP contribution in [0.1, 0.15) is 10.4 Å². The molecule has 4 nitrogen and oxygen atoms in total. The van der Waals surface area contributed by atoms with Gasteiger partial charge in [-0.25, -0.2) is 9.18 Å². The van der Waals surface area contributed by atoms with E-state index in [0.29, 0.717) is 5.56 Å². The number of halogens is 1. The van der Waals surface area contributed by atoms with Crippen LogP contribution < -0.4 is 5.32 Å². The molecule has 17 heavy (non-hydrogen) atoms. The van der Waals surface area contributed by atoms with Crippen LogP contribution in [0.4, 0.5) is 4.39 Å². The Morgan fingerprint density at radius 2 is 2.00 bits per heavy atom. The minimum Gasteiger partial charge on any atom is -0.480 e. The summed E-state index contributed by atoms with van der Waals surface area (Å²) in [7, 11) is 0. The zero-order valence-electron chi connectivity index (χ0n) is 9.14. The molecule has 92 valence electrons. The highest BCUT2D eigenvalue weighted by atomic mass is 32.2. The molecule has 0 aliphatic heterocycles. The number of amides is 1. The van der Waals surface area contributed by atoms with Gasteiger partial charge >= 0.3 is 5.97 Å². The molecule has 1 aromatic carbocycles. The Balaban J connectivity index is 2.72. The van der Waals surface area contributed by atoms with Gasteiger partial charge in [-0.05, 0) is 30.5 Å². The van der Waals surface area contributed by atoms with Crippen LogP contribution in [0.3, 0.4) is 0 Å². The van der Waals surface area contributed by atoms with Gasteiger partial charge in [0.25, 0.3) is 5.91 Å². The largest absolute Gasteiger partial charge is 0.480 e. The summed E-state index contributed by atoms with van der Waals surface area (Å²) in [6.07, 6.45) is 1.90. The topological polar surface area (TPSA) is 66.4 Å². The predicted octanol–water partition coefficient (Wildman–Crippen LogP) is 1.56. The lowest BCUT2D eigenvalue weighted by atomic mass is 10.2. The fourth-order valence-corrected chi connectivity index (χ4v) is 1.56. The molecule has 1 rings (SSSR count). The molecule has 6 heteroatoms. The summed E-state index contributed by atoms with van der Waals surface area (Å²) in [4.78, 5) is 23.1. The summed E-state index contributed by atoms with van der Waals surface area (Å²) in [5.74, 6) is -1.98. The molecule has 0 radical (unpaired) electrons. The van der Waals surface area contributed by atoms with E-state index in [0.717, 1.165) is 4.90 Å². The van der Waals surface area contributed by atoms with Crippen LogP contribution in [0, 0.1) is 0 Å². The van der Waals surface area contributed by atoms with Crippen LogP contribution in [-0.4, -0.2) is 36.0 Å². The van der Waals surface area contributed by atoms with Crippen molar-refractivity contribution < 1.29 is 19.1 Å². The minimum absolute atomic E-state index is 0.308. The monoisotopic (exact) mass is 257 g/mol. The molecule has 2 N–H and O–H groups in total. The van der Waals surface area contributed by atoms with Gasteiger partial charge in [0.05, 0.1) is 0 Å². The zero-order valence-corrected chi connectivity index (χ0v) is 9.96. The molecule has 0 aliphatic carbocycles. The van der Waals surface area contributed by atoms with Crippen molar-refractivity contribution in [2.45, 2.75) is 10.9 Å². The van der Waals surface area contributed by atoms with Gasteiger partial charge in [-0.15, -0.1) is 11.8 Å². The lowest BCUT2D eigenvalue weighted by molar-refractivity contribution is -0.139. The second kappa shape index (κ2) is 6.24. The standard InChI is InChI=1S/C11H12FNO3S/c1-17-8-4-2-7(3-5-8)10(14)13-9(6-12)11(15)16/h2-5,9H,6H2,1H3,(H,13,14)(H,15,16). The molecule has 0 saturated carbocycles. The quantitative estimate of drug-likeness (QED) is 0.786. The van der Waals surface area contributed by atoms with Crippen molar-refractivity contribution in [3.63, 3.8) is 0 Å². The molecule has 0 saturated heterocycles. The number of rotatable bonds is 5. The Kier molecular flexibility index (Phi) is 4.96. The molecule has 1 atom stereocenters. The Labute approximate surface area is 102 Å². The third-order valence-electron chi connectivity index (χ3n) is 2.11. The van der Waals surface area contributed by atoms with E-state index < -0.39 is 24.6 Å². The average molecular weight is 257 g/mol. The normalized spacial score (nSPS) is 11.9. The summed E-state index contributed by atoms with van der Waals surface area (Å²) in [5, 5.41) is 10.7. The molecule has 1 amide bonds. The van der Waals surface area contributed by atoms with E-state index in [2.05, 4.69) is 5.32 Å². The van der Waals surface area contributed by atoms with E-state index in [1.165, 1.54) is 11.8 Å². The number of hydrogen-bond acceptors (Lipinski definition) is 3. The van der Waals surface area contributed by atoms with Crippen molar-refractivity contribution in [2.75, 3.05) is 12.9 Å². The van der Waals surface area contributed by atoms with Crippen molar-refractivity contribution in [1.82, 2.24) is 5.32 Å². The fraction of sp³-hybridized carbons (Fsp3) is 0.273. The maximum absolute atomic E-state index is 12.3. The number of carboxylic acids is 1. The van der Waals surface area contributed by atoms with Gasteiger partial charge in [0.2, 0.25) is 0 Å². The van der Waals surface area contributed by atoms with Gasteiger partial charge in [-0.1, -0.05) is 0 Å². The zero-order chi connectivity index (χ0) is 12.8. The SMILES string of the molecule is CSc1ccc(C(=O)NC(CF)C(=O)O)cc1. The molecule has 0 spiro atoms. The highest BCUT2D eigenvalue weighted by Gasteiger charge is 2.20. The van der Waals surface area contributed by atoms with Crippen molar-refractivity contribution in [2.24, 2.45) is 0 Å². The molecular formula is C11H12FNO3S. The first-order valence-electron chi connectivity index (χ1n) is 4.82. The summed E-state index contributed by atoms with van der Waals surface area (Å²) < 4.78 is 12.3. The van der Waals surface area contributed by atoms with Gasteiger partial charge in [0.1, 0.15) is 6.67 Å². The van der Waals surface area contributed by atoms with Crippen molar-refractivity contribution in [3.8, 4) is 0 Å². The molecule has 0 aromatic heterocycles. The lowest BCUT2D eigenvalue weighted by Gasteiger charge is -2.10. The fourth-order valence-electron chi connectivity index (χ4n) is 1.15. The lowest BCUT2D eigenvalue weighted by Crippen LogP contribution is -2.42. The van der Waals surface area contributed by atoms with Crippen LogP contribution in [0.2, 0.25) is 0 Å². The number of carboxylic acid groups (broad SMARTS) is 1. The predicted molar refractivity (Wildman–Crippen MR) is 63.1 cm³/mol. The van der Waals surface area contributed by atoms with Gasteiger partial charge < -0.3 is 10.4 Å². The van der Waals surface area contributed by atoms with Crippen molar-refractivity contribution in [1.29, 1.82) is 0 Å². The van der Waals surface area contributed by atoms with Crippen LogP contribution in [0.5, 0.6) is 0 Å². The average Bonchev–Trinajstić information content (AvgIpc) is 2.35. The second-order valence-corrected chi connectivity index (χ2v) is 4.13. The number of aliphatic carboxylic acids is 1. The van der Waals surface area contributed by atoms with E-state index in [-0.39, 0.29) is 0 Å². The summed E-state index contributed by atoms with van der Waals surface area (Å²) >= 11 is 1.53. The maximum Gasteiger partial charge on any atom is 0.328 e. The number of benzene rings is 1. The number of hydrogen-bond donors (Lipinski definition) is 2. The van der Waals surface area contributed by atoms with Crippen LogP contribution >= 0.6 is 11.8 Å². The first-order chi connectivity index (χ1) is 8.08. The Hall–Kier alpha value is -1.56. The Morgan fingerprint density at radius 3 is 2.41 bits per heavy atom.